The Hall–Kier alpha value is -0.900. The predicted molar refractivity (Wildman–Crippen MR) is 47.8 cm³/mol. The standard InChI is InChI=1S/C8H16N4/c1-8(2,3)12-7(5-9-4)10-6-11-12/h6,9H,5H2,1-4H3. The van der Waals surface area contributed by atoms with Crippen LogP contribution < -0.4 is 5.32 Å². The maximum atomic E-state index is 4.17. The smallest absolute Gasteiger partial charge is 0.141 e. The lowest BCUT2D eigenvalue weighted by molar-refractivity contribution is 0.339. The summed E-state index contributed by atoms with van der Waals surface area (Å²) in [5.41, 5.74) is 0.0166. The first-order chi connectivity index (χ1) is 5.55. The van der Waals surface area contributed by atoms with Crippen LogP contribution in [0.3, 0.4) is 0 Å². The predicted octanol–water partition coefficient (Wildman–Crippen LogP) is 0.752. The molecule has 0 saturated carbocycles. The van der Waals surface area contributed by atoms with E-state index in [-0.39, 0.29) is 5.54 Å². The first kappa shape index (κ1) is 9.19. The molecule has 68 valence electrons. The zero-order chi connectivity index (χ0) is 9.19. The Morgan fingerprint density at radius 1 is 1.50 bits per heavy atom. The van der Waals surface area contributed by atoms with Crippen LogP contribution >= 0.6 is 0 Å². The van der Waals surface area contributed by atoms with Crippen molar-refractivity contribution in [1.82, 2.24) is 20.1 Å². The Morgan fingerprint density at radius 3 is 2.67 bits per heavy atom. The maximum absolute atomic E-state index is 4.17. The number of nitrogens with one attached hydrogen (secondary N) is 1. The van der Waals surface area contributed by atoms with Gasteiger partial charge >= 0.3 is 0 Å². The van der Waals surface area contributed by atoms with Gasteiger partial charge in [0.05, 0.1) is 12.1 Å². The largest absolute Gasteiger partial charge is 0.313 e. The summed E-state index contributed by atoms with van der Waals surface area (Å²) >= 11 is 0. The quantitative estimate of drug-likeness (QED) is 0.708. The fourth-order valence-electron chi connectivity index (χ4n) is 1.10. The van der Waals surface area contributed by atoms with E-state index in [1.165, 1.54) is 0 Å². The molecule has 0 radical (unpaired) electrons. The summed E-state index contributed by atoms with van der Waals surface area (Å²) in [5, 5.41) is 7.23. The molecule has 0 amide bonds. The summed E-state index contributed by atoms with van der Waals surface area (Å²) in [7, 11) is 1.90. The zero-order valence-electron chi connectivity index (χ0n) is 8.13. The second-order valence-electron chi connectivity index (χ2n) is 3.79. The summed E-state index contributed by atoms with van der Waals surface area (Å²) in [5.74, 6) is 0.977. The van der Waals surface area contributed by atoms with Gasteiger partial charge in [0.1, 0.15) is 12.2 Å². The van der Waals surface area contributed by atoms with Gasteiger partial charge in [-0.05, 0) is 27.8 Å². The second-order valence-corrected chi connectivity index (χ2v) is 3.79. The van der Waals surface area contributed by atoms with Crippen LogP contribution in [-0.2, 0) is 12.1 Å². The number of nitrogens with zero attached hydrogens (tertiary/aromatic N) is 3. The van der Waals surface area contributed by atoms with Gasteiger partial charge in [-0.1, -0.05) is 0 Å². The van der Waals surface area contributed by atoms with Gasteiger partial charge < -0.3 is 5.32 Å². The molecule has 0 aliphatic heterocycles. The summed E-state index contributed by atoms with van der Waals surface area (Å²) < 4.78 is 1.93. The Kier molecular flexibility index (Phi) is 2.47. The minimum Gasteiger partial charge on any atom is -0.313 e. The monoisotopic (exact) mass is 168 g/mol. The topological polar surface area (TPSA) is 42.7 Å². The van der Waals surface area contributed by atoms with Crippen molar-refractivity contribution >= 4 is 0 Å². The van der Waals surface area contributed by atoms with E-state index >= 15 is 0 Å². The summed E-state index contributed by atoms with van der Waals surface area (Å²) in [6.07, 6.45) is 1.60. The van der Waals surface area contributed by atoms with E-state index in [9.17, 15) is 0 Å². The Balaban J connectivity index is 2.91. The molecule has 0 unspecified atom stereocenters. The van der Waals surface area contributed by atoms with Crippen molar-refractivity contribution in [1.29, 1.82) is 0 Å². The van der Waals surface area contributed by atoms with E-state index < -0.39 is 0 Å². The minimum absolute atomic E-state index is 0.0166. The third-order valence-electron chi connectivity index (χ3n) is 1.59. The fraction of sp³-hybridized carbons (Fsp3) is 0.750. The normalized spacial score (nSPS) is 12.0. The van der Waals surface area contributed by atoms with E-state index in [1.807, 2.05) is 11.7 Å². The third kappa shape index (κ3) is 1.82. The Bertz CT molecular complexity index is 246. The average molecular weight is 168 g/mol. The van der Waals surface area contributed by atoms with Crippen molar-refractivity contribution in [2.75, 3.05) is 7.05 Å². The van der Waals surface area contributed by atoms with E-state index in [4.69, 9.17) is 0 Å². The molecule has 0 spiro atoms. The highest BCUT2D eigenvalue weighted by Crippen LogP contribution is 2.13. The molecule has 12 heavy (non-hydrogen) atoms. The highest BCUT2D eigenvalue weighted by Gasteiger charge is 2.17. The molecule has 0 bridgehead atoms. The molecule has 1 aromatic heterocycles. The molecule has 1 heterocycles. The van der Waals surface area contributed by atoms with Crippen LogP contribution in [0.25, 0.3) is 0 Å². The van der Waals surface area contributed by atoms with Crippen molar-refractivity contribution in [3.63, 3.8) is 0 Å². The van der Waals surface area contributed by atoms with E-state index in [1.54, 1.807) is 6.33 Å². The van der Waals surface area contributed by atoms with Crippen molar-refractivity contribution in [3.8, 4) is 0 Å². The van der Waals surface area contributed by atoms with Crippen LogP contribution in [0.2, 0.25) is 0 Å². The molecule has 1 rings (SSSR count). The van der Waals surface area contributed by atoms with Gasteiger partial charge in [0, 0.05) is 0 Å². The molecular weight excluding hydrogens is 152 g/mol. The molecule has 0 aliphatic carbocycles. The minimum atomic E-state index is 0.0166. The summed E-state index contributed by atoms with van der Waals surface area (Å²) in [6.45, 7) is 7.10. The molecule has 4 heteroatoms. The van der Waals surface area contributed by atoms with E-state index in [0.29, 0.717) is 0 Å². The molecular formula is C8H16N4. The molecule has 0 saturated heterocycles. The number of hydrogen-bond donors (Lipinski definition) is 1. The lowest BCUT2D eigenvalue weighted by atomic mass is 10.1. The first-order valence-electron chi connectivity index (χ1n) is 4.09. The summed E-state index contributed by atoms with van der Waals surface area (Å²) in [6, 6.07) is 0. The van der Waals surface area contributed by atoms with Crippen LogP contribution in [-0.4, -0.2) is 21.8 Å². The lowest BCUT2D eigenvalue weighted by Crippen LogP contribution is -2.27. The van der Waals surface area contributed by atoms with Gasteiger partial charge in [-0.15, -0.1) is 0 Å². The number of rotatable bonds is 2. The van der Waals surface area contributed by atoms with E-state index in [2.05, 4.69) is 36.2 Å². The van der Waals surface area contributed by atoms with Gasteiger partial charge in [-0.2, -0.15) is 5.10 Å². The molecule has 0 atom stereocenters. The van der Waals surface area contributed by atoms with Crippen LogP contribution in [0.1, 0.15) is 26.6 Å². The molecule has 1 aromatic rings. The summed E-state index contributed by atoms with van der Waals surface area (Å²) in [4.78, 5) is 4.16. The van der Waals surface area contributed by atoms with Crippen LogP contribution in [0, 0.1) is 0 Å². The van der Waals surface area contributed by atoms with Crippen molar-refractivity contribution in [2.45, 2.75) is 32.9 Å². The van der Waals surface area contributed by atoms with Crippen molar-refractivity contribution < 1.29 is 0 Å². The highest BCUT2D eigenvalue weighted by atomic mass is 15.4. The molecule has 0 aliphatic rings. The number of hydrogen-bond acceptors (Lipinski definition) is 3. The molecule has 4 nitrogen and oxygen atoms in total. The zero-order valence-corrected chi connectivity index (χ0v) is 8.13. The van der Waals surface area contributed by atoms with Gasteiger partial charge in [0.15, 0.2) is 0 Å². The van der Waals surface area contributed by atoms with Crippen LogP contribution in [0.15, 0.2) is 6.33 Å². The van der Waals surface area contributed by atoms with Gasteiger partial charge in [-0.25, -0.2) is 9.67 Å². The molecule has 1 N–H and O–H groups in total. The van der Waals surface area contributed by atoms with Gasteiger partial charge in [0.25, 0.3) is 0 Å². The fourth-order valence-corrected chi connectivity index (χ4v) is 1.10. The van der Waals surface area contributed by atoms with Crippen molar-refractivity contribution in [2.24, 2.45) is 0 Å². The molecule has 0 fully saturated rings. The SMILES string of the molecule is CNCc1ncnn1C(C)(C)C. The Labute approximate surface area is 73.0 Å². The van der Waals surface area contributed by atoms with Crippen LogP contribution in [0.5, 0.6) is 0 Å². The molecule has 0 aromatic carbocycles. The second kappa shape index (κ2) is 3.23. The van der Waals surface area contributed by atoms with E-state index in [0.717, 1.165) is 12.4 Å². The first-order valence-corrected chi connectivity index (χ1v) is 4.09. The number of aromatic nitrogens is 3. The lowest BCUT2D eigenvalue weighted by Gasteiger charge is -2.20. The van der Waals surface area contributed by atoms with Crippen LogP contribution in [0.4, 0.5) is 0 Å². The van der Waals surface area contributed by atoms with Gasteiger partial charge in [0.2, 0.25) is 0 Å². The third-order valence-corrected chi connectivity index (χ3v) is 1.59. The average Bonchev–Trinajstić information content (AvgIpc) is 2.34. The highest BCUT2D eigenvalue weighted by molar-refractivity contribution is 4.88. The Morgan fingerprint density at radius 2 is 2.17 bits per heavy atom. The maximum Gasteiger partial charge on any atom is 0.141 e. The van der Waals surface area contributed by atoms with Crippen molar-refractivity contribution in [3.05, 3.63) is 12.2 Å². The van der Waals surface area contributed by atoms with Gasteiger partial charge in [-0.3, -0.25) is 0 Å².